The van der Waals surface area contributed by atoms with E-state index in [-0.39, 0.29) is 5.71 Å². The highest BCUT2D eigenvalue weighted by molar-refractivity contribution is 8.16. The second-order valence-electron chi connectivity index (χ2n) is 1.60. The lowest BCUT2D eigenvalue weighted by Crippen LogP contribution is -2.04. The first-order valence-corrected chi connectivity index (χ1v) is 3.67. The van der Waals surface area contributed by atoms with Gasteiger partial charge >= 0.3 is 0 Å². The van der Waals surface area contributed by atoms with Crippen molar-refractivity contribution in [3.05, 3.63) is 0 Å². The van der Waals surface area contributed by atoms with Crippen LogP contribution in [0.3, 0.4) is 0 Å². The molecule has 52 valence electrons. The second kappa shape index (κ2) is 3.22. The first-order chi connectivity index (χ1) is 4.88. The number of hydrogen-bond donors (Lipinski definition) is 1. The molecule has 0 aromatic rings. The Hall–Kier alpha value is -1.02. The van der Waals surface area contributed by atoms with Crippen LogP contribution in [0.5, 0.6) is 0 Å². The van der Waals surface area contributed by atoms with Gasteiger partial charge in [-0.2, -0.15) is 5.26 Å². The van der Waals surface area contributed by atoms with E-state index in [0.717, 1.165) is 5.75 Å². The van der Waals surface area contributed by atoms with Crippen molar-refractivity contribution in [2.45, 2.75) is 0 Å². The van der Waals surface area contributed by atoms with Crippen molar-refractivity contribution in [1.29, 1.82) is 5.26 Å². The summed E-state index contributed by atoms with van der Waals surface area (Å²) in [5.74, 6) is 0.871. The SMILES string of the molecule is N#C/C(=N\O)C1=NCCS1. The number of oxime groups is 1. The van der Waals surface area contributed by atoms with Gasteiger partial charge in [-0.15, -0.1) is 11.8 Å². The monoisotopic (exact) mass is 155 g/mol. The highest BCUT2D eigenvalue weighted by Gasteiger charge is 2.13. The van der Waals surface area contributed by atoms with Gasteiger partial charge in [0.1, 0.15) is 11.1 Å². The van der Waals surface area contributed by atoms with Crippen LogP contribution in [0.2, 0.25) is 0 Å². The molecule has 0 saturated heterocycles. The highest BCUT2D eigenvalue weighted by atomic mass is 32.2. The van der Waals surface area contributed by atoms with Gasteiger partial charge in [-0.1, -0.05) is 5.16 Å². The minimum Gasteiger partial charge on any atom is -0.410 e. The van der Waals surface area contributed by atoms with Gasteiger partial charge in [0, 0.05) is 12.3 Å². The van der Waals surface area contributed by atoms with Crippen molar-refractivity contribution in [2.24, 2.45) is 10.1 Å². The summed E-state index contributed by atoms with van der Waals surface area (Å²) < 4.78 is 0. The Labute approximate surface area is 62.2 Å². The van der Waals surface area contributed by atoms with Crippen molar-refractivity contribution < 1.29 is 5.21 Å². The minimum atomic E-state index is 0.0162. The average molecular weight is 155 g/mol. The first-order valence-electron chi connectivity index (χ1n) is 2.68. The fraction of sp³-hybridized carbons (Fsp3) is 0.400. The summed E-state index contributed by atoms with van der Waals surface area (Å²) in [7, 11) is 0. The number of nitriles is 1. The summed E-state index contributed by atoms with van der Waals surface area (Å²) in [6.07, 6.45) is 0. The van der Waals surface area contributed by atoms with Gasteiger partial charge in [0.05, 0.1) is 0 Å². The van der Waals surface area contributed by atoms with Crippen LogP contribution < -0.4 is 0 Å². The Bertz CT molecular complexity index is 228. The predicted molar refractivity (Wildman–Crippen MR) is 39.6 cm³/mol. The number of rotatable bonds is 1. The lowest BCUT2D eigenvalue weighted by atomic mass is 10.4. The van der Waals surface area contributed by atoms with Gasteiger partial charge in [-0.05, 0) is 0 Å². The molecule has 0 aliphatic carbocycles. The van der Waals surface area contributed by atoms with E-state index in [9.17, 15) is 0 Å². The first kappa shape index (κ1) is 7.09. The molecule has 1 rings (SSSR count). The quantitative estimate of drug-likeness (QED) is 0.340. The molecule has 0 aromatic heterocycles. The van der Waals surface area contributed by atoms with Gasteiger partial charge < -0.3 is 5.21 Å². The smallest absolute Gasteiger partial charge is 0.211 e. The molecule has 0 radical (unpaired) electrons. The van der Waals surface area contributed by atoms with Gasteiger partial charge in [-0.25, -0.2) is 0 Å². The molecule has 5 heteroatoms. The van der Waals surface area contributed by atoms with Gasteiger partial charge in [0.25, 0.3) is 0 Å². The van der Waals surface area contributed by atoms with Gasteiger partial charge in [0.15, 0.2) is 0 Å². The van der Waals surface area contributed by atoms with E-state index in [4.69, 9.17) is 10.5 Å². The highest BCUT2D eigenvalue weighted by Crippen LogP contribution is 2.12. The summed E-state index contributed by atoms with van der Waals surface area (Å²) in [6, 6.07) is 1.74. The largest absolute Gasteiger partial charge is 0.410 e. The van der Waals surface area contributed by atoms with E-state index < -0.39 is 0 Å². The van der Waals surface area contributed by atoms with Gasteiger partial charge in [0.2, 0.25) is 5.71 Å². The average Bonchev–Trinajstić information content (AvgIpc) is 2.43. The molecule has 0 spiro atoms. The van der Waals surface area contributed by atoms with Crippen LogP contribution in [0.15, 0.2) is 10.1 Å². The third-order valence-corrected chi connectivity index (χ3v) is 1.98. The van der Waals surface area contributed by atoms with Crippen molar-refractivity contribution >= 4 is 22.5 Å². The van der Waals surface area contributed by atoms with Crippen LogP contribution in [0.4, 0.5) is 0 Å². The fourth-order valence-electron chi connectivity index (χ4n) is 0.591. The van der Waals surface area contributed by atoms with Crippen LogP contribution in [0, 0.1) is 11.3 Å². The minimum absolute atomic E-state index is 0.0162. The third kappa shape index (κ3) is 1.28. The number of thioether (sulfide) groups is 1. The standard InChI is InChI=1S/C5H5N3OS/c6-3-4(8-9)5-7-1-2-10-5/h9H,1-2H2/b8-4+. The Balaban J connectivity index is 2.74. The number of hydrogen-bond acceptors (Lipinski definition) is 5. The van der Waals surface area contributed by atoms with E-state index in [1.807, 2.05) is 0 Å². The van der Waals surface area contributed by atoms with Crippen LogP contribution in [0.1, 0.15) is 0 Å². The normalized spacial score (nSPS) is 18.3. The molecule has 0 fully saturated rings. The van der Waals surface area contributed by atoms with Crippen molar-refractivity contribution in [1.82, 2.24) is 0 Å². The van der Waals surface area contributed by atoms with E-state index in [1.165, 1.54) is 11.8 Å². The topological polar surface area (TPSA) is 68.7 Å². The Morgan fingerprint density at radius 1 is 1.90 bits per heavy atom. The fourth-order valence-corrected chi connectivity index (χ4v) is 1.37. The molecular formula is C5H5N3OS. The molecule has 0 saturated carbocycles. The van der Waals surface area contributed by atoms with Crippen molar-refractivity contribution in [2.75, 3.05) is 12.3 Å². The van der Waals surface area contributed by atoms with Crippen molar-refractivity contribution in [3.8, 4) is 6.07 Å². The summed E-state index contributed by atoms with van der Waals surface area (Å²) >= 11 is 1.44. The Morgan fingerprint density at radius 3 is 3.10 bits per heavy atom. The maximum atomic E-state index is 8.35. The molecule has 1 N–H and O–H groups in total. The number of aliphatic imine (C=N–C) groups is 1. The van der Waals surface area contributed by atoms with E-state index in [2.05, 4.69) is 10.1 Å². The molecule has 0 atom stereocenters. The molecule has 1 aliphatic rings. The molecule has 0 bridgehead atoms. The Kier molecular flexibility index (Phi) is 2.29. The zero-order chi connectivity index (χ0) is 7.40. The van der Waals surface area contributed by atoms with Gasteiger partial charge in [-0.3, -0.25) is 4.99 Å². The third-order valence-electron chi connectivity index (χ3n) is 0.994. The van der Waals surface area contributed by atoms with Crippen molar-refractivity contribution in [3.63, 3.8) is 0 Å². The molecule has 0 aromatic carbocycles. The van der Waals surface area contributed by atoms with E-state index in [0.29, 0.717) is 11.6 Å². The molecule has 0 unspecified atom stereocenters. The number of nitrogens with zero attached hydrogens (tertiary/aromatic N) is 3. The summed E-state index contributed by atoms with van der Waals surface area (Å²) in [5.41, 5.74) is 0.0162. The lowest BCUT2D eigenvalue weighted by molar-refractivity contribution is 0.321. The molecule has 10 heavy (non-hydrogen) atoms. The molecule has 4 nitrogen and oxygen atoms in total. The molecule has 0 amide bonds. The van der Waals surface area contributed by atoms with Crippen LogP contribution in [-0.4, -0.2) is 28.3 Å². The second-order valence-corrected chi connectivity index (χ2v) is 2.68. The molecular weight excluding hydrogens is 150 g/mol. The summed E-state index contributed by atoms with van der Waals surface area (Å²) in [6.45, 7) is 0.709. The molecule has 1 heterocycles. The van der Waals surface area contributed by atoms with E-state index in [1.54, 1.807) is 6.07 Å². The summed E-state index contributed by atoms with van der Waals surface area (Å²) in [5, 5.41) is 19.9. The summed E-state index contributed by atoms with van der Waals surface area (Å²) in [4.78, 5) is 3.94. The zero-order valence-corrected chi connectivity index (χ0v) is 5.93. The van der Waals surface area contributed by atoms with Crippen LogP contribution in [0.25, 0.3) is 0 Å². The Morgan fingerprint density at radius 2 is 2.70 bits per heavy atom. The maximum absolute atomic E-state index is 8.35. The lowest BCUT2D eigenvalue weighted by Gasteiger charge is -1.88. The molecule has 1 aliphatic heterocycles. The van der Waals surface area contributed by atoms with E-state index >= 15 is 0 Å². The predicted octanol–water partition coefficient (Wildman–Crippen LogP) is 0.485. The van der Waals surface area contributed by atoms with Crippen LogP contribution in [-0.2, 0) is 0 Å². The van der Waals surface area contributed by atoms with Crippen LogP contribution >= 0.6 is 11.8 Å². The maximum Gasteiger partial charge on any atom is 0.211 e. The zero-order valence-electron chi connectivity index (χ0n) is 5.11.